The molecule has 1 aliphatic heterocycles. The van der Waals surface area contributed by atoms with Crippen LogP contribution in [0.1, 0.15) is 41.5 Å². The normalized spacial score (nSPS) is 13.1. The molecule has 0 spiro atoms. The molecular formula is C19H23N5O4. The van der Waals surface area contributed by atoms with E-state index in [1.165, 1.54) is 13.1 Å². The van der Waals surface area contributed by atoms with Gasteiger partial charge in [-0.3, -0.25) is 15.0 Å². The van der Waals surface area contributed by atoms with E-state index in [1.54, 1.807) is 54.6 Å². The number of amides is 3. The summed E-state index contributed by atoms with van der Waals surface area (Å²) in [6.45, 7) is 6.33. The number of hydrogen-bond donors (Lipinski definition) is 2. The molecule has 148 valence electrons. The Kier molecular flexibility index (Phi) is 5.08. The van der Waals surface area contributed by atoms with Gasteiger partial charge in [0.05, 0.1) is 12.1 Å². The van der Waals surface area contributed by atoms with Gasteiger partial charge >= 0.3 is 12.0 Å². The number of carbonyl (C=O) groups excluding carboxylic acids is 3. The highest BCUT2D eigenvalue weighted by atomic mass is 16.6. The standard InChI is InChI=1S/C19H23N5O4/c1-19(2,3)28-17(26)13-7-5-6-12(10-13)16(25)23-8-9-24-15(23)11-14(22-24)21-18(27)20-4/h5-7,10-11H,8-9H2,1-4H3,(H2,20,21,22,27). The lowest BCUT2D eigenvalue weighted by Crippen LogP contribution is -2.29. The van der Waals surface area contributed by atoms with Gasteiger partial charge in [0.25, 0.3) is 5.91 Å². The van der Waals surface area contributed by atoms with Gasteiger partial charge in [-0.25, -0.2) is 14.3 Å². The minimum absolute atomic E-state index is 0.254. The number of nitrogens with one attached hydrogen (secondary N) is 2. The fraction of sp³-hybridized carbons (Fsp3) is 0.368. The molecule has 9 heteroatoms. The number of benzene rings is 1. The first kappa shape index (κ1) is 19.4. The molecule has 9 nitrogen and oxygen atoms in total. The average molecular weight is 385 g/mol. The molecule has 0 unspecified atom stereocenters. The van der Waals surface area contributed by atoms with Crippen molar-refractivity contribution in [3.8, 4) is 0 Å². The molecule has 1 aliphatic rings. The van der Waals surface area contributed by atoms with Gasteiger partial charge in [0.15, 0.2) is 5.82 Å². The highest BCUT2D eigenvalue weighted by Gasteiger charge is 2.28. The number of urea groups is 1. The molecule has 0 radical (unpaired) electrons. The van der Waals surface area contributed by atoms with Crippen LogP contribution >= 0.6 is 0 Å². The molecule has 0 saturated carbocycles. The Labute approximate surface area is 162 Å². The monoisotopic (exact) mass is 385 g/mol. The van der Waals surface area contributed by atoms with E-state index in [2.05, 4.69) is 15.7 Å². The third kappa shape index (κ3) is 4.13. The van der Waals surface area contributed by atoms with Gasteiger partial charge in [-0.05, 0) is 39.0 Å². The minimum Gasteiger partial charge on any atom is -0.456 e. The van der Waals surface area contributed by atoms with Gasteiger partial charge in [0.2, 0.25) is 0 Å². The number of fused-ring (bicyclic) bond motifs is 1. The van der Waals surface area contributed by atoms with E-state index in [4.69, 9.17) is 4.74 Å². The lowest BCUT2D eigenvalue weighted by atomic mass is 10.1. The summed E-state index contributed by atoms with van der Waals surface area (Å²) in [4.78, 5) is 38.3. The Hall–Kier alpha value is -3.36. The first-order valence-electron chi connectivity index (χ1n) is 8.90. The number of esters is 1. The number of ether oxygens (including phenoxy) is 1. The van der Waals surface area contributed by atoms with Gasteiger partial charge in [0, 0.05) is 25.2 Å². The lowest BCUT2D eigenvalue weighted by Gasteiger charge is -2.20. The van der Waals surface area contributed by atoms with Crippen LogP contribution in [0.4, 0.5) is 16.4 Å². The second kappa shape index (κ2) is 7.34. The number of nitrogens with zero attached hydrogens (tertiary/aromatic N) is 3. The zero-order valence-electron chi connectivity index (χ0n) is 16.3. The molecule has 1 aromatic heterocycles. The number of aromatic nitrogens is 2. The summed E-state index contributed by atoms with van der Waals surface area (Å²) in [5, 5.41) is 9.30. The Morgan fingerprint density at radius 3 is 2.50 bits per heavy atom. The van der Waals surface area contributed by atoms with Crippen molar-refractivity contribution >= 4 is 29.5 Å². The van der Waals surface area contributed by atoms with Crippen LogP contribution < -0.4 is 15.5 Å². The van der Waals surface area contributed by atoms with Crippen LogP contribution in [0.15, 0.2) is 30.3 Å². The predicted molar refractivity (Wildman–Crippen MR) is 104 cm³/mol. The van der Waals surface area contributed by atoms with Gasteiger partial charge in [-0.2, -0.15) is 5.10 Å². The average Bonchev–Trinajstić information content (AvgIpc) is 3.19. The Bertz CT molecular complexity index is 929. The van der Waals surface area contributed by atoms with Crippen molar-refractivity contribution in [1.29, 1.82) is 0 Å². The van der Waals surface area contributed by atoms with Gasteiger partial charge < -0.3 is 10.1 Å². The molecule has 3 amide bonds. The van der Waals surface area contributed by atoms with Gasteiger partial charge in [-0.1, -0.05) is 6.07 Å². The van der Waals surface area contributed by atoms with E-state index in [1.807, 2.05) is 0 Å². The molecule has 0 bridgehead atoms. The second-order valence-electron chi connectivity index (χ2n) is 7.35. The number of hydrogen-bond acceptors (Lipinski definition) is 5. The van der Waals surface area contributed by atoms with E-state index < -0.39 is 11.6 Å². The lowest BCUT2D eigenvalue weighted by molar-refractivity contribution is 0.00694. The van der Waals surface area contributed by atoms with Crippen LogP contribution in [-0.2, 0) is 11.3 Å². The SMILES string of the molecule is CNC(=O)Nc1cc2n(n1)CCN2C(=O)c1cccc(C(=O)OC(C)(C)C)c1. The molecular weight excluding hydrogens is 362 g/mol. The third-order valence-corrected chi connectivity index (χ3v) is 4.03. The Morgan fingerprint density at radius 2 is 1.82 bits per heavy atom. The third-order valence-electron chi connectivity index (χ3n) is 4.03. The molecule has 2 heterocycles. The van der Waals surface area contributed by atoms with Gasteiger partial charge in [-0.15, -0.1) is 0 Å². The summed E-state index contributed by atoms with van der Waals surface area (Å²) >= 11 is 0. The summed E-state index contributed by atoms with van der Waals surface area (Å²) in [6.07, 6.45) is 0. The van der Waals surface area contributed by atoms with Crippen LogP contribution in [0.2, 0.25) is 0 Å². The molecule has 28 heavy (non-hydrogen) atoms. The number of anilines is 2. The maximum atomic E-state index is 13.0. The first-order chi connectivity index (χ1) is 13.2. The van der Waals surface area contributed by atoms with Crippen LogP contribution in [0, 0.1) is 0 Å². The largest absolute Gasteiger partial charge is 0.456 e. The molecule has 0 aliphatic carbocycles. The zero-order valence-corrected chi connectivity index (χ0v) is 16.3. The number of rotatable bonds is 3. The Morgan fingerprint density at radius 1 is 1.11 bits per heavy atom. The zero-order chi connectivity index (χ0) is 20.5. The molecule has 2 aromatic rings. The fourth-order valence-corrected chi connectivity index (χ4v) is 2.82. The van der Waals surface area contributed by atoms with Crippen LogP contribution in [0.5, 0.6) is 0 Å². The van der Waals surface area contributed by atoms with Crippen LogP contribution in [0.3, 0.4) is 0 Å². The van der Waals surface area contributed by atoms with E-state index >= 15 is 0 Å². The van der Waals surface area contributed by atoms with E-state index in [0.29, 0.717) is 35.9 Å². The summed E-state index contributed by atoms with van der Waals surface area (Å²) in [5.74, 6) is 0.203. The molecule has 2 N–H and O–H groups in total. The fourth-order valence-electron chi connectivity index (χ4n) is 2.82. The first-order valence-corrected chi connectivity index (χ1v) is 8.90. The predicted octanol–water partition coefficient (Wildman–Crippen LogP) is 2.25. The van der Waals surface area contributed by atoms with Crippen molar-refractivity contribution in [2.75, 3.05) is 23.8 Å². The highest BCUT2D eigenvalue weighted by molar-refractivity contribution is 6.07. The smallest absolute Gasteiger partial charge is 0.338 e. The highest BCUT2D eigenvalue weighted by Crippen LogP contribution is 2.26. The van der Waals surface area contributed by atoms with Gasteiger partial charge in [0.1, 0.15) is 11.4 Å². The second-order valence-corrected chi connectivity index (χ2v) is 7.35. The molecule has 3 rings (SSSR count). The molecule has 0 fully saturated rings. The van der Waals surface area contributed by atoms with Crippen LogP contribution in [-0.4, -0.2) is 46.9 Å². The van der Waals surface area contributed by atoms with E-state index in [0.717, 1.165) is 0 Å². The number of carbonyl (C=O) groups is 3. The van der Waals surface area contributed by atoms with Crippen LogP contribution in [0.25, 0.3) is 0 Å². The van der Waals surface area contributed by atoms with Crippen molar-refractivity contribution in [2.45, 2.75) is 32.9 Å². The Balaban J connectivity index is 1.80. The maximum Gasteiger partial charge on any atom is 0.338 e. The summed E-state index contributed by atoms with van der Waals surface area (Å²) in [6, 6.07) is 7.69. The quantitative estimate of drug-likeness (QED) is 0.789. The topological polar surface area (TPSA) is 106 Å². The maximum absolute atomic E-state index is 13.0. The van der Waals surface area contributed by atoms with Crippen molar-refractivity contribution in [3.63, 3.8) is 0 Å². The van der Waals surface area contributed by atoms with Crippen molar-refractivity contribution in [2.24, 2.45) is 0 Å². The minimum atomic E-state index is -0.618. The summed E-state index contributed by atoms with van der Waals surface area (Å²) < 4.78 is 7.02. The summed E-state index contributed by atoms with van der Waals surface area (Å²) in [5.41, 5.74) is 0.0708. The van der Waals surface area contributed by atoms with Crippen molar-refractivity contribution in [1.82, 2.24) is 15.1 Å². The molecule has 1 aromatic carbocycles. The van der Waals surface area contributed by atoms with Crippen molar-refractivity contribution < 1.29 is 19.1 Å². The summed E-state index contributed by atoms with van der Waals surface area (Å²) in [7, 11) is 1.51. The molecule has 0 atom stereocenters. The van der Waals surface area contributed by atoms with Crippen molar-refractivity contribution in [3.05, 3.63) is 41.5 Å². The van der Waals surface area contributed by atoms with E-state index in [-0.39, 0.29) is 11.9 Å². The van der Waals surface area contributed by atoms with E-state index in [9.17, 15) is 14.4 Å². The molecule has 0 saturated heterocycles.